The molecule has 0 saturated heterocycles. The molecule has 3 heteroatoms. The number of carbonyl (C=O) groups is 1. The number of ether oxygens (including phenoxy) is 1. The summed E-state index contributed by atoms with van der Waals surface area (Å²) in [7, 11) is 0.0179. The molecular weight excluding hydrogens is 204 g/mol. The van der Waals surface area contributed by atoms with Gasteiger partial charge in [-0.2, -0.15) is 0 Å². The Hall–Kier alpha value is -0.573. The largest absolute Gasteiger partial charge is 0.465 e. The van der Waals surface area contributed by atoms with Gasteiger partial charge in [0.15, 0.2) is 0 Å². The lowest BCUT2D eigenvalue weighted by molar-refractivity contribution is -0.142. The summed E-state index contributed by atoms with van der Waals surface area (Å²) in [6.45, 7) is 11.0. The molecule has 0 radical (unpaired) electrons. The molecule has 0 aliphatic carbocycles. The quantitative estimate of drug-likeness (QED) is 0.276. The Morgan fingerprint density at radius 1 is 1.60 bits per heavy atom. The second-order valence-corrected chi connectivity index (χ2v) is 6.75. The molecule has 0 rings (SSSR count). The maximum atomic E-state index is 11.0. The van der Waals surface area contributed by atoms with Crippen LogP contribution in [-0.2, 0) is 9.53 Å². The third-order valence-corrected chi connectivity index (χ3v) is 5.77. The van der Waals surface area contributed by atoms with E-state index in [1.807, 2.05) is 0 Å². The minimum absolute atomic E-state index is 0.0179. The van der Waals surface area contributed by atoms with Gasteiger partial charge in [-0.25, -0.2) is 0 Å². The van der Waals surface area contributed by atoms with Crippen molar-refractivity contribution in [2.45, 2.75) is 51.1 Å². The van der Waals surface area contributed by atoms with Crippen LogP contribution in [0.4, 0.5) is 0 Å². The molecule has 0 bridgehead atoms. The lowest BCUT2D eigenvalue weighted by Gasteiger charge is -2.25. The molecule has 0 fully saturated rings. The highest BCUT2D eigenvalue weighted by atomic mass is 28.2. The molecule has 0 aliphatic heterocycles. The SMILES string of the molecule is C=CCC(=O)OCCCC(C)(CC)[SiH2]C. The molecule has 0 amide bonds. The highest BCUT2D eigenvalue weighted by Gasteiger charge is 2.19. The predicted molar refractivity (Wildman–Crippen MR) is 68.1 cm³/mol. The first-order valence-corrected chi connectivity index (χ1v) is 7.96. The molecule has 1 atom stereocenters. The molecule has 0 saturated carbocycles. The normalized spacial score (nSPS) is 15.1. The van der Waals surface area contributed by atoms with E-state index in [0.717, 1.165) is 6.42 Å². The second-order valence-electron chi connectivity index (χ2n) is 4.33. The van der Waals surface area contributed by atoms with Crippen molar-refractivity contribution in [1.82, 2.24) is 0 Å². The number of rotatable bonds is 8. The number of hydrogen-bond donors (Lipinski definition) is 0. The van der Waals surface area contributed by atoms with Gasteiger partial charge in [0.1, 0.15) is 0 Å². The van der Waals surface area contributed by atoms with Crippen LogP contribution in [0.25, 0.3) is 0 Å². The topological polar surface area (TPSA) is 26.3 Å². The van der Waals surface area contributed by atoms with Crippen molar-refractivity contribution in [2.24, 2.45) is 0 Å². The fourth-order valence-electron chi connectivity index (χ4n) is 1.47. The molecule has 1 unspecified atom stereocenters. The van der Waals surface area contributed by atoms with Crippen LogP contribution in [0.1, 0.15) is 39.5 Å². The van der Waals surface area contributed by atoms with E-state index in [4.69, 9.17) is 4.74 Å². The van der Waals surface area contributed by atoms with Crippen molar-refractivity contribution in [2.75, 3.05) is 6.61 Å². The Labute approximate surface area is 95.9 Å². The Balaban J connectivity index is 3.61. The smallest absolute Gasteiger partial charge is 0.309 e. The van der Waals surface area contributed by atoms with E-state index < -0.39 is 0 Å². The Bertz CT molecular complexity index is 198. The van der Waals surface area contributed by atoms with Crippen LogP contribution >= 0.6 is 0 Å². The van der Waals surface area contributed by atoms with Crippen LogP contribution in [0.3, 0.4) is 0 Å². The lowest BCUT2D eigenvalue weighted by Crippen LogP contribution is -2.15. The van der Waals surface area contributed by atoms with Gasteiger partial charge in [-0.15, -0.1) is 6.58 Å². The Kier molecular flexibility index (Phi) is 7.39. The molecule has 2 nitrogen and oxygen atoms in total. The van der Waals surface area contributed by atoms with Crippen LogP contribution in [-0.4, -0.2) is 22.1 Å². The average molecular weight is 228 g/mol. The fourth-order valence-corrected chi connectivity index (χ4v) is 2.57. The predicted octanol–water partition coefficient (Wildman–Crippen LogP) is 2.69. The average Bonchev–Trinajstić information content (AvgIpc) is 2.24. The van der Waals surface area contributed by atoms with Gasteiger partial charge in [0, 0.05) is 9.52 Å². The van der Waals surface area contributed by atoms with E-state index in [2.05, 4.69) is 27.0 Å². The van der Waals surface area contributed by atoms with Gasteiger partial charge < -0.3 is 4.74 Å². The summed E-state index contributed by atoms with van der Waals surface area (Å²) in [5, 5.41) is 0.546. The highest BCUT2D eigenvalue weighted by Crippen LogP contribution is 2.33. The molecular formula is C12H24O2Si. The molecule has 0 heterocycles. The van der Waals surface area contributed by atoms with Crippen LogP contribution < -0.4 is 0 Å². The molecule has 0 N–H and O–H groups in total. The minimum atomic E-state index is -0.156. The summed E-state index contributed by atoms with van der Waals surface area (Å²) in [5.74, 6) is -0.156. The number of hydrogen-bond acceptors (Lipinski definition) is 2. The van der Waals surface area contributed by atoms with Crippen LogP contribution in [0, 0.1) is 0 Å². The van der Waals surface area contributed by atoms with E-state index in [1.54, 1.807) is 6.08 Å². The van der Waals surface area contributed by atoms with Crippen LogP contribution in [0.15, 0.2) is 12.7 Å². The third-order valence-electron chi connectivity index (χ3n) is 3.21. The van der Waals surface area contributed by atoms with E-state index in [1.165, 1.54) is 12.8 Å². The summed E-state index contributed by atoms with van der Waals surface area (Å²) in [4.78, 5) is 11.0. The van der Waals surface area contributed by atoms with E-state index in [0.29, 0.717) is 18.1 Å². The zero-order valence-electron chi connectivity index (χ0n) is 10.3. The number of esters is 1. The zero-order valence-corrected chi connectivity index (χ0v) is 11.8. The first-order chi connectivity index (χ1) is 7.08. The van der Waals surface area contributed by atoms with E-state index in [9.17, 15) is 4.79 Å². The van der Waals surface area contributed by atoms with Crippen molar-refractivity contribution in [3.8, 4) is 0 Å². The second kappa shape index (κ2) is 7.68. The van der Waals surface area contributed by atoms with Crippen molar-refractivity contribution < 1.29 is 9.53 Å². The van der Waals surface area contributed by atoms with Crippen LogP contribution in [0.5, 0.6) is 0 Å². The summed E-state index contributed by atoms with van der Waals surface area (Å²) in [5.41, 5.74) is 0. The van der Waals surface area contributed by atoms with Crippen molar-refractivity contribution in [1.29, 1.82) is 0 Å². The van der Waals surface area contributed by atoms with Crippen molar-refractivity contribution in [3.63, 3.8) is 0 Å². The van der Waals surface area contributed by atoms with E-state index >= 15 is 0 Å². The zero-order chi connectivity index (χ0) is 11.7. The fraction of sp³-hybridized carbons (Fsp3) is 0.750. The Morgan fingerprint density at radius 3 is 2.73 bits per heavy atom. The van der Waals surface area contributed by atoms with Gasteiger partial charge in [-0.05, 0) is 17.9 Å². The summed E-state index contributed by atoms with van der Waals surface area (Å²) in [6.07, 6.45) is 5.34. The maximum Gasteiger partial charge on any atom is 0.309 e. The molecule has 0 aromatic rings. The van der Waals surface area contributed by atoms with Gasteiger partial charge in [0.25, 0.3) is 0 Å². The highest BCUT2D eigenvalue weighted by molar-refractivity contribution is 6.38. The van der Waals surface area contributed by atoms with Gasteiger partial charge >= 0.3 is 5.97 Å². The first kappa shape index (κ1) is 14.4. The van der Waals surface area contributed by atoms with Crippen molar-refractivity contribution >= 4 is 15.5 Å². The minimum Gasteiger partial charge on any atom is -0.465 e. The molecule has 0 spiro atoms. The van der Waals surface area contributed by atoms with Gasteiger partial charge in [0.05, 0.1) is 13.0 Å². The molecule has 0 aliphatic rings. The summed E-state index contributed by atoms with van der Waals surface area (Å²) < 4.78 is 5.07. The maximum absolute atomic E-state index is 11.0. The molecule has 88 valence electrons. The standard InChI is InChI=1S/C12H24O2Si/c1-5-8-11(13)14-10-7-9-12(3,6-2)15-4/h5H,1,6-10,15H2,2-4H3. The first-order valence-electron chi connectivity index (χ1n) is 5.84. The summed E-state index contributed by atoms with van der Waals surface area (Å²) >= 11 is 0. The lowest BCUT2D eigenvalue weighted by atomic mass is 10.0. The number of carbonyl (C=O) groups excluding carboxylic acids is 1. The van der Waals surface area contributed by atoms with Crippen LogP contribution in [0.2, 0.25) is 11.6 Å². The Morgan fingerprint density at radius 2 is 2.27 bits per heavy atom. The molecule has 15 heavy (non-hydrogen) atoms. The van der Waals surface area contributed by atoms with Gasteiger partial charge in [-0.1, -0.05) is 32.9 Å². The monoisotopic (exact) mass is 228 g/mol. The van der Waals surface area contributed by atoms with Gasteiger partial charge in [0.2, 0.25) is 0 Å². The van der Waals surface area contributed by atoms with E-state index in [-0.39, 0.29) is 15.5 Å². The van der Waals surface area contributed by atoms with Gasteiger partial charge in [-0.3, -0.25) is 4.79 Å². The molecule has 0 aromatic carbocycles. The summed E-state index contributed by atoms with van der Waals surface area (Å²) in [6, 6.07) is 0. The molecule has 0 aromatic heterocycles. The van der Waals surface area contributed by atoms with Crippen molar-refractivity contribution in [3.05, 3.63) is 12.7 Å². The third kappa shape index (κ3) is 6.50.